The molecule has 3 rings (SSSR count). The van der Waals surface area contributed by atoms with Gasteiger partial charge in [-0.1, -0.05) is 54.4 Å². The summed E-state index contributed by atoms with van der Waals surface area (Å²) >= 11 is 0. The van der Waals surface area contributed by atoms with E-state index in [9.17, 15) is 4.79 Å². The first-order chi connectivity index (χ1) is 11.2. The largest absolute Gasteiger partial charge is 0.376 e. The maximum atomic E-state index is 12.1. The number of carbonyl (C=O) groups is 1. The number of hydrogen-bond acceptors (Lipinski definition) is 2. The summed E-state index contributed by atoms with van der Waals surface area (Å²) in [6.07, 6.45) is 3.55. The highest BCUT2D eigenvalue weighted by Crippen LogP contribution is 2.43. The molecule has 1 aliphatic carbocycles. The first-order valence-electron chi connectivity index (χ1n) is 8.31. The van der Waals surface area contributed by atoms with E-state index < -0.39 is 0 Å². The van der Waals surface area contributed by atoms with Crippen LogP contribution in [0.5, 0.6) is 0 Å². The van der Waals surface area contributed by atoms with Crippen LogP contribution >= 0.6 is 0 Å². The first kappa shape index (κ1) is 15.6. The number of anilines is 1. The van der Waals surface area contributed by atoms with E-state index in [1.807, 2.05) is 30.3 Å². The fourth-order valence-corrected chi connectivity index (χ4v) is 3.15. The maximum absolute atomic E-state index is 12.1. The van der Waals surface area contributed by atoms with Crippen molar-refractivity contribution in [2.75, 3.05) is 18.4 Å². The summed E-state index contributed by atoms with van der Waals surface area (Å²) < 4.78 is 0. The Balaban J connectivity index is 1.51. The normalized spacial score (nSPS) is 15.5. The fourth-order valence-electron chi connectivity index (χ4n) is 3.15. The third-order valence-electron chi connectivity index (χ3n) is 4.83. The molecule has 1 amide bonds. The van der Waals surface area contributed by atoms with E-state index in [4.69, 9.17) is 0 Å². The van der Waals surface area contributed by atoms with E-state index in [-0.39, 0.29) is 11.3 Å². The van der Waals surface area contributed by atoms with Gasteiger partial charge >= 0.3 is 0 Å². The van der Waals surface area contributed by atoms with Gasteiger partial charge in [0.25, 0.3) is 0 Å². The van der Waals surface area contributed by atoms with Crippen molar-refractivity contribution in [1.29, 1.82) is 0 Å². The van der Waals surface area contributed by atoms with Crippen molar-refractivity contribution in [2.45, 2.75) is 31.6 Å². The lowest BCUT2D eigenvalue weighted by Gasteiger charge is -2.42. The molecule has 0 aromatic heterocycles. The van der Waals surface area contributed by atoms with Crippen LogP contribution in [0, 0.1) is 6.92 Å². The fraction of sp³-hybridized carbons (Fsp3) is 0.350. The number of nitrogens with one attached hydrogen (secondary N) is 2. The molecule has 0 atom stereocenters. The third kappa shape index (κ3) is 3.73. The molecule has 0 spiro atoms. The van der Waals surface area contributed by atoms with Gasteiger partial charge in [-0.15, -0.1) is 0 Å². The molecule has 0 unspecified atom stereocenters. The summed E-state index contributed by atoms with van der Waals surface area (Å²) in [4.78, 5) is 12.1. The topological polar surface area (TPSA) is 41.1 Å². The molecular weight excluding hydrogens is 284 g/mol. The Morgan fingerprint density at radius 3 is 2.35 bits per heavy atom. The number of rotatable bonds is 6. The van der Waals surface area contributed by atoms with Gasteiger partial charge in [0.05, 0.1) is 6.54 Å². The zero-order valence-corrected chi connectivity index (χ0v) is 13.6. The lowest BCUT2D eigenvalue weighted by atomic mass is 9.64. The van der Waals surface area contributed by atoms with Crippen LogP contribution in [0.4, 0.5) is 5.69 Å². The Bertz CT molecular complexity index is 645. The third-order valence-corrected chi connectivity index (χ3v) is 4.83. The summed E-state index contributed by atoms with van der Waals surface area (Å²) in [5, 5.41) is 6.28. The summed E-state index contributed by atoms with van der Waals surface area (Å²) in [6, 6.07) is 18.6. The molecule has 1 saturated carbocycles. The molecule has 0 radical (unpaired) electrons. The lowest BCUT2D eigenvalue weighted by Crippen LogP contribution is -2.46. The molecule has 1 aliphatic rings. The highest BCUT2D eigenvalue weighted by molar-refractivity contribution is 5.80. The molecule has 3 heteroatoms. The van der Waals surface area contributed by atoms with Gasteiger partial charge in [-0.3, -0.25) is 4.79 Å². The summed E-state index contributed by atoms with van der Waals surface area (Å²) in [5.74, 6) is 0.0489. The van der Waals surface area contributed by atoms with Gasteiger partial charge in [-0.25, -0.2) is 0 Å². The van der Waals surface area contributed by atoms with E-state index in [2.05, 4.69) is 41.8 Å². The summed E-state index contributed by atoms with van der Waals surface area (Å²) in [7, 11) is 0. The Hall–Kier alpha value is -2.29. The predicted octanol–water partition coefficient (Wildman–Crippen LogP) is 3.65. The van der Waals surface area contributed by atoms with Crippen molar-refractivity contribution in [2.24, 2.45) is 0 Å². The highest BCUT2D eigenvalue weighted by atomic mass is 16.1. The van der Waals surface area contributed by atoms with Crippen LogP contribution < -0.4 is 10.6 Å². The maximum Gasteiger partial charge on any atom is 0.239 e. The van der Waals surface area contributed by atoms with Crippen molar-refractivity contribution in [3.05, 3.63) is 65.7 Å². The van der Waals surface area contributed by atoms with Crippen molar-refractivity contribution < 1.29 is 4.79 Å². The van der Waals surface area contributed by atoms with Crippen LogP contribution in [-0.4, -0.2) is 19.0 Å². The Kier molecular flexibility index (Phi) is 4.65. The monoisotopic (exact) mass is 308 g/mol. The second kappa shape index (κ2) is 6.86. The smallest absolute Gasteiger partial charge is 0.239 e. The Morgan fingerprint density at radius 1 is 1.04 bits per heavy atom. The number of amides is 1. The molecule has 0 heterocycles. The van der Waals surface area contributed by atoms with E-state index in [0.717, 1.165) is 25.1 Å². The van der Waals surface area contributed by atoms with Gasteiger partial charge in [-0.05, 0) is 37.5 Å². The first-order valence-corrected chi connectivity index (χ1v) is 8.31. The average Bonchev–Trinajstić information content (AvgIpc) is 2.54. The van der Waals surface area contributed by atoms with Crippen LogP contribution in [0.3, 0.4) is 0 Å². The lowest BCUT2D eigenvalue weighted by molar-refractivity contribution is -0.119. The number of aryl methyl sites for hydroxylation is 1. The van der Waals surface area contributed by atoms with Crippen molar-refractivity contribution in [1.82, 2.24) is 5.32 Å². The van der Waals surface area contributed by atoms with E-state index in [0.29, 0.717) is 6.54 Å². The van der Waals surface area contributed by atoms with E-state index in [1.165, 1.54) is 17.5 Å². The standard InChI is InChI=1S/C20H24N2O/c1-16-8-10-18(11-9-16)21-14-19(23)22-15-20(12-5-13-20)17-6-3-2-4-7-17/h2-4,6-11,21H,5,12-15H2,1H3,(H,22,23). The Labute approximate surface area is 138 Å². The minimum atomic E-state index is 0.0489. The average molecular weight is 308 g/mol. The second-order valence-corrected chi connectivity index (χ2v) is 6.50. The van der Waals surface area contributed by atoms with Gasteiger partial charge < -0.3 is 10.6 Å². The van der Waals surface area contributed by atoms with Gasteiger partial charge in [0.1, 0.15) is 0 Å². The number of benzene rings is 2. The van der Waals surface area contributed by atoms with Crippen LogP contribution in [0.2, 0.25) is 0 Å². The number of hydrogen-bond donors (Lipinski definition) is 2. The van der Waals surface area contributed by atoms with Crippen LogP contribution in [-0.2, 0) is 10.2 Å². The molecule has 2 aromatic carbocycles. The number of carbonyl (C=O) groups excluding carboxylic acids is 1. The molecule has 23 heavy (non-hydrogen) atoms. The highest BCUT2D eigenvalue weighted by Gasteiger charge is 2.38. The van der Waals surface area contributed by atoms with Crippen LogP contribution in [0.1, 0.15) is 30.4 Å². The van der Waals surface area contributed by atoms with Gasteiger partial charge in [0.15, 0.2) is 0 Å². The van der Waals surface area contributed by atoms with Crippen molar-refractivity contribution in [3.63, 3.8) is 0 Å². The van der Waals surface area contributed by atoms with E-state index >= 15 is 0 Å². The van der Waals surface area contributed by atoms with Gasteiger partial charge in [-0.2, -0.15) is 0 Å². The quantitative estimate of drug-likeness (QED) is 0.855. The minimum absolute atomic E-state index is 0.0489. The van der Waals surface area contributed by atoms with Gasteiger partial charge in [0.2, 0.25) is 5.91 Å². The molecule has 3 nitrogen and oxygen atoms in total. The summed E-state index contributed by atoms with van der Waals surface area (Å²) in [5.41, 5.74) is 3.68. The minimum Gasteiger partial charge on any atom is -0.376 e. The molecule has 2 aromatic rings. The SMILES string of the molecule is Cc1ccc(NCC(=O)NCC2(c3ccccc3)CCC2)cc1. The molecule has 0 saturated heterocycles. The van der Waals surface area contributed by atoms with Crippen molar-refractivity contribution >= 4 is 11.6 Å². The summed E-state index contributed by atoms with van der Waals surface area (Å²) in [6.45, 7) is 3.09. The van der Waals surface area contributed by atoms with Gasteiger partial charge in [0, 0.05) is 17.6 Å². The molecule has 0 aliphatic heterocycles. The van der Waals surface area contributed by atoms with E-state index in [1.54, 1.807) is 0 Å². The van der Waals surface area contributed by atoms with Crippen LogP contribution in [0.15, 0.2) is 54.6 Å². The zero-order chi connectivity index (χ0) is 16.1. The predicted molar refractivity (Wildman–Crippen MR) is 94.6 cm³/mol. The van der Waals surface area contributed by atoms with Crippen molar-refractivity contribution in [3.8, 4) is 0 Å². The second-order valence-electron chi connectivity index (χ2n) is 6.50. The molecule has 120 valence electrons. The van der Waals surface area contributed by atoms with Crippen LogP contribution in [0.25, 0.3) is 0 Å². The molecule has 1 fully saturated rings. The zero-order valence-electron chi connectivity index (χ0n) is 13.6. The molecular formula is C20H24N2O. The molecule has 0 bridgehead atoms. The molecule has 2 N–H and O–H groups in total. The Morgan fingerprint density at radius 2 is 1.74 bits per heavy atom.